The van der Waals surface area contributed by atoms with Gasteiger partial charge in [0.15, 0.2) is 0 Å². The number of carbonyl (C=O) groups is 1. The second-order valence-electron chi connectivity index (χ2n) is 5.91. The van der Waals surface area contributed by atoms with E-state index in [-0.39, 0.29) is 11.4 Å². The lowest BCUT2D eigenvalue weighted by molar-refractivity contribution is 0.104. The highest BCUT2D eigenvalue weighted by molar-refractivity contribution is 6.20. The summed E-state index contributed by atoms with van der Waals surface area (Å²) in [5.41, 5.74) is 4.16. The van der Waals surface area contributed by atoms with Gasteiger partial charge in [-0.2, -0.15) is 10.5 Å². The predicted octanol–water partition coefficient (Wildman–Crippen LogP) is 3.78. The van der Waals surface area contributed by atoms with Gasteiger partial charge >= 0.3 is 0 Å². The number of aromatic nitrogens is 2. The van der Waals surface area contributed by atoms with Crippen LogP contribution < -0.4 is 0 Å². The van der Waals surface area contributed by atoms with E-state index in [0.29, 0.717) is 16.8 Å². The van der Waals surface area contributed by atoms with Gasteiger partial charge < -0.3 is 9.55 Å². The van der Waals surface area contributed by atoms with Crippen LogP contribution in [0.3, 0.4) is 0 Å². The molecule has 3 rings (SSSR count). The number of fused-ring (bicyclic) bond motifs is 1. The molecule has 5 nitrogen and oxygen atoms in total. The molecule has 0 bridgehead atoms. The van der Waals surface area contributed by atoms with Crippen LogP contribution >= 0.6 is 0 Å². The Bertz CT molecular complexity index is 1110. The Kier molecular flexibility index (Phi) is 4.00. The number of para-hydroxylation sites is 1. The lowest BCUT2D eigenvalue weighted by atomic mass is 9.99. The third-order valence-corrected chi connectivity index (χ3v) is 4.47. The molecule has 0 aliphatic carbocycles. The zero-order valence-electron chi connectivity index (χ0n) is 14.2. The fraction of sp³-hybridized carbons (Fsp3) is 0.150. The van der Waals surface area contributed by atoms with Crippen LogP contribution in [0.15, 0.2) is 35.9 Å². The average Bonchev–Trinajstić information content (AvgIpc) is 3.09. The first kappa shape index (κ1) is 16.3. The maximum atomic E-state index is 13.0. The van der Waals surface area contributed by atoms with E-state index < -0.39 is 0 Å². The van der Waals surface area contributed by atoms with Crippen molar-refractivity contribution in [2.75, 3.05) is 0 Å². The van der Waals surface area contributed by atoms with Crippen molar-refractivity contribution in [3.8, 4) is 12.1 Å². The second kappa shape index (κ2) is 6.14. The molecule has 0 aliphatic rings. The minimum Gasteiger partial charge on any atom is -0.358 e. The molecule has 1 N–H and O–H groups in total. The van der Waals surface area contributed by atoms with Crippen molar-refractivity contribution < 1.29 is 4.79 Å². The highest BCUT2D eigenvalue weighted by Crippen LogP contribution is 2.26. The number of aryl methyl sites for hydroxylation is 1. The van der Waals surface area contributed by atoms with E-state index >= 15 is 0 Å². The fourth-order valence-corrected chi connectivity index (χ4v) is 2.98. The lowest BCUT2D eigenvalue weighted by Gasteiger charge is -2.01. The summed E-state index contributed by atoms with van der Waals surface area (Å²) in [7, 11) is 1.78. The van der Waals surface area contributed by atoms with Crippen molar-refractivity contribution in [1.29, 1.82) is 10.5 Å². The molecule has 0 amide bonds. The van der Waals surface area contributed by atoms with Crippen LogP contribution in [-0.2, 0) is 7.05 Å². The summed E-state index contributed by atoms with van der Waals surface area (Å²) < 4.78 is 1.74. The summed E-state index contributed by atoms with van der Waals surface area (Å²) in [5.74, 6) is -0.320. The van der Waals surface area contributed by atoms with Gasteiger partial charge in [-0.1, -0.05) is 18.2 Å². The first-order valence-corrected chi connectivity index (χ1v) is 7.78. The number of rotatable bonds is 3. The molecule has 5 heteroatoms. The van der Waals surface area contributed by atoms with Crippen LogP contribution in [-0.4, -0.2) is 15.3 Å². The van der Waals surface area contributed by atoms with E-state index in [1.54, 1.807) is 23.8 Å². The SMILES string of the molecule is Cc1[nH]c2ccccc2c1C(=O)/C(C#N)=C/c1cc(C#N)n(C)c1C. The molecule has 2 heterocycles. The molecule has 1 aromatic carbocycles. The van der Waals surface area contributed by atoms with E-state index in [9.17, 15) is 10.1 Å². The third-order valence-electron chi connectivity index (χ3n) is 4.47. The minimum absolute atomic E-state index is 0.0473. The highest BCUT2D eigenvalue weighted by atomic mass is 16.1. The van der Waals surface area contributed by atoms with Gasteiger partial charge in [0.05, 0.1) is 5.56 Å². The molecule has 0 fully saturated rings. The monoisotopic (exact) mass is 328 g/mol. The second-order valence-corrected chi connectivity index (χ2v) is 5.91. The number of carbonyl (C=O) groups excluding carboxylic acids is 1. The quantitative estimate of drug-likeness (QED) is 0.451. The highest BCUT2D eigenvalue weighted by Gasteiger charge is 2.20. The van der Waals surface area contributed by atoms with Crippen LogP contribution in [0.2, 0.25) is 0 Å². The zero-order chi connectivity index (χ0) is 18.1. The van der Waals surface area contributed by atoms with Crippen LogP contribution in [0.4, 0.5) is 0 Å². The molecule has 2 aromatic heterocycles. The average molecular weight is 328 g/mol. The number of ketones is 1. The first-order chi connectivity index (χ1) is 12.0. The molecule has 0 radical (unpaired) electrons. The number of allylic oxidation sites excluding steroid dienone is 1. The largest absolute Gasteiger partial charge is 0.358 e. The molecular formula is C20H16N4O. The number of hydrogen-bond donors (Lipinski definition) is 1. The molecule has 122 valence electrons. The van der Waals surface area contributed by atoms with E-state index in [4.69, 9.17) is 5.26 Å². The molecule has 0 atom stereocenters. The molecule has 0 aliphatic heterocycles. The van der Waals surface area contributed by atoms with Crippen LogP contribution in [0.5, 0.6) is 0 Å². The normalized spacial score (nSPS) is 11.3. The summed E-state index contributed by atoms with van der Waals surface area (Å²) in [4.78, 5) is 16.1. The molecule has 0 spiro atoms. The van der Waals surface area contributed by atoms with Crippen molar-refractivity contribution in [1.82, 2.24) is 9.55 Å². The first-order valence-electron chi connectivity index (χ1n) is 7.78. The number of H-pyrrole nitrogens is 1. The smallest absolute Gasteiger partial charge is 0.205 e. The number of benzene rings is 1. The van der Waals surface area contributed by atoms with Crippen molar-refractivity contribution in [2.24, 2.45) is 7.05 Å². The summed E-state index contributed by atoms with van der Waals surface area (Å²) >= 11 is 0. The van der Waals surface area contributed by atoms with E-state index in [2.05, 4.69) is 11.1 Å². The van der Waals surface area contributed by atoms with E-state index in [1.165, 1.54) is 0 Å². The van der Waals surface area contributed by atoms with E-state index in [1.807, 2.05) is 44.2 Å². The fourth-order valence-electron chi connectivity index (χ4n) is 2.98. The summed E-state index contributed by atoms with van der Waals surface area (Å²) in [6, 6.07) is 13.3. The van der Waals surface area contributed by atoms with Crippen LogP contribution in [0.25, 0.3) is 17.0 Å². The van der Waals surface area contributed by atoms with Gasteiger partial charge in [0.25, 0.3) is 0 Å². The van der Waals surface area contributed by atoms with Crippen LogP contribution in [0.1, 0.15) is 33.0 Å². The van der Waals surface area contributed by atoms with E-state index in [0.717, 1.165) is 22.3 Å². The molecule has 25 heavy (non-hydrogen) atoms. The van der Waals surface area contributed by atoms with Gasteiger partial charge in [0, 0.05) is 29.3 Å². The van der Waals surface area contributed by atoms with Gasteiger partial charge in [-0.15, -0.1) is 0 Å². The lowest BCUT2D eigenvalue weighted by Crippen LogP contribution is -2.03. The Balaban J connectivity index is 2.13. The van der Waals surface area contributed by atoms with Crippen molar-refractivity contribution in [2.45, 2.75) is 13.8 Å². The van der Waals surface area contributed by atoms with Crippen LogP contribution in [0, 0.1) is 36.5 Å². The van der Waals surface area contributed by atoms with Crippen molar-refractivity contribution >= 4 is 22.8 Å². The summed E-state index contributed by atoms with van der Waals surface area (Å²) in [6.07, 6.45) is 1.56. The van der Waals surface area contributed by atoms with Gasteiger partial charge in [-0.05, 0) is 37.6 Å². The maximum absolute atomic E-state index is 13.0. The molecule has 0 saturated heterocycles. The van der Waals surface area contributed by atoms with Crippen molar-refractivity contribution in [3.63, 3.8) is 0 Å². The number of nitriles is 2. The Hall–Kier alpha value is -3.57. The molecule has 3 aromatic rings. The Morgan fingerprint density at radius 3 is 2.60 bits per heavy atom. The topological polar surface area (TPSA) is 85.4 Å². The van der Waals surface area contributed by atoms with Gasteiger partial charge in [-0.3, -0.25) is 4.79 Å². The molecule has 0 saturated carbocycles. The number of nitrogens with zero attached hydrogens (tertiary/aromatic N) is 3. The third kappa shape index (κ3) is 2.62. The minimum atomic E-state index is -0.320. The summed E-state index contributed by atoms with van der Waals surface area (Å²) in [5, 5.41) is 19.5. The van der Waals surface area contributed by atoms with Gasteiger partial charge in [0.1, 0.15) is 23.4 Å². The Labute approximate surface area is 145 Å². The summed E-state index contributed by atoms with van der Waals surface area (Å²) in [6.45, 7) is 3.67. The number of aromatic amines is 1. The molecule has 0 unspecified atom stereocenters. The standard InChI is InChI=1S/C20H16N4O/c1-12-19(17-6-4-5-7-18(17)23-12)20(25)15(10-21)8-14-9-16(11-22)24(3)13(14)2/h4-9,23H,1-3H3/b15-8+. The predicted molar refractivity (Wildman–Crippen MR) is 95.8 cm³/mol. The number of Topliss-reactive ketones (excluding diaryl/α,β-unsaturated/α-hetero) is 1. The zero-order valence-corrected chi connectivity index (χ0v) is 14.2. The number of nitrogens with one attached hydrogen (secondary N) is 1. The number of hydrogen-bond acceptors (Lipinski definition) is 3. The Morgan fingerprint density at radius 2 is 1.96 bits per heavy atom. The maximum Gasteiger partial charge on any atom is 0.205 e. The van der Waals surface area contributed by atoms with Gasteiger partial charge in [-0.25, -0.2) is 0 Å². The van der Waals surface area contributed by atoms with Crippen molar-refractivity contribution in [3.05, 3.63) is 64.1 Å². The Morgan fingerprint density at radius 1 is 1.24 bits per heavy atom. The van der Waals surface area contributed by atoms with Gasteiger partial charge in [0.2, 0.25) is 5.78 Å². The molecular weight excluding hydrogens is 312 g/mol.